The number of rotatable bonds is 3. The first kappa shape index (κ1) is 12.4. The molecular formula is C12H15N3O3. The molecule has 0 radical (unpaired) electrons. The lowest BCUT2D eigenvalue weighted by Gasteiger charge is -2.18. The Morgan fingerprint density at radius 3 is 2.72 bits per heavy atom. The van der Waals surface area contributed by atoms with Gasteiger partial charge in [0.1, 0.15) is 0 Å². The molecule has 2 rings (SSSR count). The van der Waals surface area contributed by atoms with Gasteiger partial charge in [0.2, 0.25) is 5.91 Å². The monoisotopic (exact) mass is 249 g/mol. The molecule has 1 heterocycles. The van der Waals surface area contributed by atoms with Crippen molar-refractivity contribution in [3.63, 3.8) is 0 Å². The van der Waals surface area contributed by atoms with Crippen molar-refractivity contribution in [2.24, 2.45) is 11.7 Å². The number of nitrogens with two attached hydrogens (primary N) is 2. The van der Waals surface area contributed by atoms with Crippen LogP contribution < -0.4 is 16.4 Å². The minimum atomic E-state index is -1.04. The molecule has 18 heavy (non-hydrogen) atoms. The highest BCUT2D eigenvalue weighted by Crippen LogP contribution is 2.30. The zero-order chi connectivity index (χ0) is 13.3. The molecule has 0 saturated carbocycles. The lowest BCUT2D eigenvalue weighted by Crippen LogP contribution is -2.26. The molecule has 96 valence electrons. The largest absolute Gasteiger partial charge is 0.478 e. The van der Waals surface area contributed by atoms with Crippen LogP contribution in [-0.4, -0.2) is 30.1 Å². The molecule has 1 atom stereocenters. The van der Waals surface area contributed by atoms with E-state index in [1.54, 1.807) is 11.0 Å². The van der Waals surface area contributed by atoms with Crippen LogP contribution in [-0.2, 0) is 4.79 Å². The third kappa shape index (κ3) is 2.14. The van der Waals surface area contributed by atoms with Gasteiger partial charge in [0, 0.05) is 13.0 Å². The van der Waals surface area contributed by atoms with Crippen molar-refractivity contribution in [1.82, 2.24) is 0 Å². The molecule has 1 amide bonds. The summed E-state index contributed by atoms with van der Waals surface area (Å²) in [5, 5.41) is 8.84. The van der Waals surface area contributed by atoms with E-state index < -0.39 is 5.97 Å². The topological polar surface area (TPSA) is 110 Å². The number of carboxylic acids is 1. The fourth-order valence-corrected chi connectivity index (χ4v) is 2.11. The quantitative estimate of drug-likeness (QED) is 0.666. The van der Waals surface area contributed by atoms with E-state index in [1.165, 1.54) is 12.1 Å². The minimum Gasteiger partial charge on any atom is -0.478 e. The SMILES string of the molecule is NCC1CC(=O)N(c2ccc(C(=O)O)cc2N)C1. The van der Waals surface area contributed by atoms with E-state index in [4.69, 9.17) is 16.6 Å². The van der Waals surface area contributed by atoms with Gasteiger partial charge in [-0.15, -0.1) is 0 Å². The van der Waals surface area contributed by atoms with Crippen molar-refractivity contribution in [2.45, 2.75) is 6.42 Å². The molecule has 0 aromatic heterocycles. The van der Waals surface area contributed by atoms with Gasteiger partial charge in [0.15, 0.2) is 0 Å². The van der Waals surface area contributed by atoms with Gasteiger partial charge in [-0.25, -0.2) is 4.79 Å². The highest BCUT2D eigenvalue weighted by Gasteiger charge is 2.30. The molecule has 1 saturated heterocycles. The molecule has 0 bridgehead atoms. The van der Waals surface area contributed by atoms with E-state index in [0.717, 1.165) is 0 Å². The Balaban J connectivity index is 2.29. The number of aromatic carboxylic acids is 1. The fraction of sp³-hybridized carbons (Fsp3) is 0.333. The summed E-state index contributed by atoms with van der Waals surface area (Å²) in [5.41, 5.74) is 12.3. The molecule has 1 unspecified atom stereocenters. The molecular weight excluding hydrogens is 234 g/mol. The fourth-order valence-electron chi connectivity index (χ4n) is 2.11. The van der Waals surface area contributed by atoms with Crippen LogP contribution >= 0.6 is 0 Å². The molecule has 5 N–H and O–H groups in total. The summed E-state index contributed by atoms with van der Waals surface area (Å²) in [6.07, 6.45) is 0.413. The van der Waals surface area contributed by atoms with Crippen LogP contribution in [0.15, 0.2) is 18.2 Å². The summed E-state index contributed by atoms with van der Waals surface area (Å²) < 4.78 is 0. The Morgan fingerprint density at radius 2 is 2.22 bits per heavy atom. The number of hydrogen-bond donors (Lipinski definition) is 3. The molecule has 1 aliphatic rings. The summed E-state index contributed by atoms with van der Waals surface area (Å²) in [6, 6.07) is 4.37. The third-order valence-corrected chi connectivity index (χ3v) is 3.10. The van der Waals surface area contributed by atoms with Crippen LogP contribution in [0.4, 0.5) is 11.4 Å². The van der Waals surface area contributed by atoms with Crippen LogP contribution in [0.3, 0.4) is 0 Å². The summed E-state index contributed by atoms with van der Waals surface area (Å²) in [7, 11) is 0. The number of carbonyl (C=O) groups excluding carboxylic acids is 1. The Labute approximate surface area is 104 Å². The molecule has 0 spiro atoms. The van der Waals surface area contributed by atoms with Gasteiger partial charge < -0.3 is 21.5 Å². The molecule has 1 fully saturated rings. The highest BCUT2D eigenvalue weighted by molar-refractivity contribution is 5.99. The summed E-state index contributed by atoms with van der Waals surface area (Å²) in [6.45, 7) is 0.987. The maximum atomic E-state index is 11.8. The second kappa shape index (κ2) is 4.66. The highest BCUT2D eigenvalue weighted by atomic mass is 16.4. The normalized spacial score (nSPS) is 19.3. The van der Waals surface area contributed by atoms with Gasteiger partial charge in [-0.2, -0.15) is 0 Å². The molecule has 1 aromatic rings. The second-order valence-corrected chi connectivity index (χ2v) is 4.39. The molecule has 6 heteroatoms. The number of benzene rings is 1. The van der Waals surface area contributed by atoms with Gasteiger partial charge in [-0.05, 0) is 30.7 Å². The van der Waals surface area contributed by atoms with E-state index in [1.807, 2.05) is 0 Å². The van der Waals surface area contributed by atoms with Crippen molar-refractivity contribution in [3.05, 3.63) is 23.8 Å². The number of carbonyl (C=O) groups is 2. The number of anilines is 2. The lowest BCUT2D eigenvalue weighted by atomic mass is 10.1. The van der Waals surface area contributed by atoms with Crippen molar-refractivity contribution >= 4 is 23.3 Å². The first-order valence-corrected chi connectivity index (χ1v) is 5.66. The van der Waals surface area contributed by atoms with Crippen molar-refractivity contribution in [1.29, 1.82) is 0 Å². The summed E-state index contributed by atoms with van der Waals surface area (Å²) in [5.74, 6) is -0.933. The van der Waals surface area contributed by atoms with Crippen LogP contribution in [0.5, 0.6) is 0 Å². The van der Waals surface area contributed by atoms with Gasteiger partial charge in [0.05, 0.1) is 16.9 Å². The predicted octanol–water partition coefficient (Wildman–Crippen LogP) is 0.279. The van der Waals surface area contributed by atoms with Gasteiger partial charge in [-0.3, -0.25) is 4.79 Å². The number of hydrogen-bond acceptors (Lipinski definition) is 4. The number of amides is 1. The van der Waals surface area contributed by atoms with Crippen molar-refractivity contribution in [2.75, 3.05) is 23.7 Å². The van der Waals surface area contributed by atoms with Crippen molar-refractivity contribution in [3.8, 4) is 0 Å². The first-order valence-electron chi connectivity index (χ1n) is 5.66. The molecule has 1 aromatic carbocycles. The van der Waals surface area contributed by atoms with Crippen LogP contribution in [0.1, 0.15) is 16.8 Å². The maximum Gasteiger partial charge on any atom is 0.335 e. The number of carboxylic acid groups (broad SMARTS) is 1. The zero-order valence-corrected chi connectivity index (χ0v) is 9.80. The average molecular weight is 249 g/mol. The standard InChI is InChI=1S/C12H15N3O3/c13-5-7-3-11(16)15(6-7)10-2-1-8(12(17)18)4-9(10)14/h1-2,4,7H,3,5-6,13-14H2,(H,17,18). The average Bonchev–Trinajstić information content (AvgIpc) is 2.70. The third-order valence-electron chi connectivity index (χ3n) is 3.10. The van der Waals surface area contributed by atoms with E-state index in [2.05, 4.69) is 0 Å². The molecule has 6 nitrogen and oxygen atoms in total. The van der Waals surface area contributed by atoms with Gasteiger partial charge in [-0.1, -0.05) is 0 Å². The Morgan fingerprint density at radius 1 is 1.50 bits per heavy atom. The van der Waals surface area contributed by atoms with Crippen LogP contribution in [0.25, 0.3) is 0 Å². The van der Waals surface area contributed by atoms with Gasteiger partial charge in [0.25, 0.3) is 0 Å². The number of nitrogens with zero attached hydrogens (tertiary/aromatic N) is 1. The summed E-state index contributed by atoms with van der Waals surface area (Å²) in [4.78, 5) is 24.2. The second-order valence-electron chi connectivity index (χ2n) is 4.39. The smallest absolute Gasteiger partial charge is 0.335 e. The summed E-state index contributed by atoms with van der Waals surface area (Å²) >= 11 is 0. The minimum absolute atomic E-state index is 0.0276. The predicted molar refractivity (Wildman–Crippen MR) is 67.3 cm³/mol. The Bertz CT molecular complexity index is 501. The van der Waals surface area contributed by atoms with Crippen molar-refractivity contribution < 1.29 is 14.7 Å². The van der Waals surface area contributed by atoms with E-state index >= 15 is 0 Å². The van der Waals surface area contributed by atoms with Crippen LogP contribution in [0, 0.1) is 5.92 Å². The molecule has 1 aliphatic heterocycles. The van der Waals surface area contributed by atoms with Gasteiger partial charge >= 0.3 is 5.97 Å². The molecule has 0 aliphatic carbocycles. The van der Waals surface area contributed by atoms with E-state index in [0.29, 0.717) is 30.9 Å². The Hall–Kier alpha value is -2.08. The first-order chi connectivity index (χ1) is 8.52. The number of nitrogen functional groups attached to an aromatic ring is 1. The Kier molecular flexibility index (Phi) is 3.20. The lowest BCUT2D eigenvalue weighted by molar-refractivity contribution is -0.117. The van der Waals surface area contributed by atoms with Crippen LogP contribution in [0.2, 0.25) is 0 Å². The van der Waals surface area contributed by atoms with E-state index in [9.17, 15) is 9.59 Å². The maximum absolute atomic E-state index is 11.8. The van der Waals surface area contributed by atoms with E-state index in [-0.39, 0.29) is 17.4 Å². The zero-order valence-electron chi connectivity index (χ0n) is 9.80.